The van der Waals surface area contributed by atoms with Gasteiger partial charge in [0.1, 0.15) is 11.4 Å². The second-order valence-corrected chi connectivity index (χ2v) is 12.5. The SMILES string of the molecule is C=P(c1ccccc1)(c1ccccc1)c1ccccc1.O=C1CCC2(CC1)OC(=O)c1ccccc12. The quantitative estimate of drug-likeness (QED) is 0.276. The maximum atomic E-state index is 11.7. The van der Waals surface area contributed by atoms with Gasteiger partial charge in [-0.05, 0) is 41.7 Å². The number of carbonyl (C=O) groups excluding carboxylic acids is 2. The minimum atomic E-state index is -1.78. The summed E-state index contributed by atoms with van der Waals surface area (Å²) in [5.74, 6) is 0.0241. The molecule has 3 nitrogen and oxygen atoms in total. The number of hydrogen-bond acceptors (Lipinski definition) is 3. The normalized spacial score (nSPS) is 16.0. The summed E-state index contributed by atoms with van der Waals surface area (Å²) in [5.41, 5.74) is 1.12. The average molecular weight is 493 g/mol. The molecular weight excluding hydrogens is 463 g/mol. The monoisotopic (exact) mass is 492 g/mol. The van der Waals surface area contributed by atoms with Crippen LogP contribution in [0, 0.1) is 0 Å². The Hall–Kier alpha value is -3.68. The smallest absolute Gasteiger partial charge is 0.339 e. The lowest BCUT2D eigenvalue weighted by Gasteiger charge is -2.31. The molecule has 1 aliphatic heterocycles. The van der Waals surface area contributed by atoms with E-state index in [0.717, 1.165) is 5.56 Å². The molecule has 0 bridgehead atoms. The molecule has 2 aliphatic rings. The number of ketones is 1. The summed E-state index contributed by atoms with van der Waals surface area (Å²) in [5, 5.41) is 3.95. The molecule has 1 heterocycles. The Labute approximate surface area is 212 Å². The van der Waals surface area contributed by atoms with Gasteiger partial charge in [0.15, 0.2) is 0 Å². The number of ether oxygens (including phenoxy) is 1. The van der Waals surface area contributed by atoms with Crippen molar-refractivity contribution in [2.24, 2.45) is 0 Å². The minimum absolute atomic E-state index is 0.245. The van der Waals surface area contributed by atoms with Gasteiger partial charge in [-0.3, -0.25) is 4.79 Å². The third-order valence-electron chi connectivity index (χ3n) is 7.13. The molecule has 0 atom stereocenters. The predicted molar refractivity (Wildman–Crippen MR) is 149 cm³/mol. The van der Waals surface area contributed by atoms with Crippen molar-refractivity contribution in [3.05, 3.63) is 126 Å². The zero-order chi connectivity index (χ0) is 25.0. The van der Waals surface area contributed by atoms with Crippen LogP contribution in [0.25, 0.3) is 0 Å². The largest absolute Gasteiger partial charge is 0.451 e. The van der Waals surface area contributed by atoms with E-state index in [0.29, 0.717) is 31.2 Å². The van der Waals surface area contributed by atoms with Gasteiger partial charge in [0.05, 0.1) is 5.56 Å². The standard InChI is InChI=1S/C19H17P.C13H12O3/c1-20(17-11-5-2-6-12-17,18-13-7-3-8-14-18)19-15-9-4-10-16-19;14-9-5-7-13(8-6-9)11-4-2-1-3-10(11)12(15)16-13/h2-16H,1H2;1-4H,5-8H2. The van der Waals surface area contributed by atoms with E-state index in [2.05, 4.69) is 91.0 Å². The lowest BCUT2D eigenvalue weighted by Crippen LogP contribution is -2.31. The maximum absolute atomic E-state index is 11.7. The number of hydrogen-bond donors (Lipinski definition) is 0. The second-order valence-electron chi connectivity index (χ2n) is 9.28. The average Bonchev–Trinajstić information content (AvgIpc) is 3.23. The van der Waals surface area contributed by atoms with Gasteiger partial charge in [-0.1, -0.05) is 115 Å². The summed E-state index contributed by atoms with van der Waals surface area (Å²) in [4.78, 5) is 23.0. The van der Waals surface area contributed by atoms with Crippen molar-refractivity contribution < 1.29 is 14.3 Å². The molecule has 4 aromatic rings. The van der Waals surface area contributed by atoms with Gasteiger partial charge in [0, 0.05) is 18.4 Å². The Bertz CT molecular complexity index is 1300. The molecule has 1 aliphatic carbocycles. The lowest BCUT2D eigenvalue weighted by molar-refractivity contribution is -0.125. The molecule has 0 N–H and O–H groups in total. The Balaban J connectivity index is 0.000000152. The molecule has 1 fully saturated rings. The number of benzene rings is 4. The number of esters is 1. The highest BCUT2D eigenvalue weighted by atomic mass is 31.2. The summed E-state index contributed by atoms with van der Waals surface area (Å²) in [6, 6.07) is 39.4. The van der Waals surface area contributed by atoms with E-state index in [1.54, 1.807) is 6.07 Å². The van der Waals surface area contributed by atoms with Crippen molar-refractivity contribution in [1.82, 2.24) is 0 Å². The third-order valence-corrected chi connectivity index (χ3v) is 10.7. The first-order valence-corrected chi connectivity index (χ1v) is 14.3. The highest BCUT2D eigenvalue weighted by Gasteiger charge is 2.47. The molecule has 0 radical (unpaired) electrons. The fourth-order valence-corrected chi connectivity index (χ4v) is 8.08. The van der Waals surface area contributed by atoms with Gasteiger partial charge >= 0.3 is 5.97 Å². The van der Waals surface area contributed by atoms with Gasteiger partial charge in [-0.25, -0.2) is 4.79 Å². The maximum Gasteiger partial charge on any atom is 0.339 e. The van der Waals surface area contributed by atoms with Crippen LogP contribution in [-0.2, 0) is 15.1 Å². The zero-order valence-electron chi connectivity index (χ0n) is 20.2. The van der Waals surface area contributed by atoms with E-state index in [1.807, 2.05) is 18.2 Å². The first kappa shape index (κ1) is 24.0. The molecule has 0 aromatic heterocycles. The van der Waals surface area contributed by atoms with Crippen molar-refractivity contribution in [1.29, 1.82) is 0 Å². The molecule has 1 saturated carbocycles. The van der Waals surface area contributed by atoms with E-state index >= 15 is 0 Å². The highest BCUT2D eigenvalue weighted by molar-refractivity contribution is 7.93. The van der Waals surface area contributed by atoms with Crippen molar-refractivity contribution in [2.75, 3.05) is 0 Å². The third kappa shape index (κ3) is 4.47. The van der Waals surface area contributed by atoms with Crippen LogP contribution in [0.5, 0.6) is 0 Å². The lowest BCUT2D eigenvalue weighted by atomic mass is 9.79. The molecule has 0 amide bonds. The molecule has 1 spiro atoms. The number of fused-ring (bicyclic) bond motifs is 2. The fourth-order valence-electron chi connectivity index (χ4n) is 5.14. The molecule has 6 rings (SSSR count). The molecule has 4 heteroatoms. The Morgan fingerprint density at radius 1 is 0.611 bits per heavy atom. The fraction of sp³-hybridized carbons (Fsp3) is 0.156. The first-order chi connectivity index (χ1) is 17.5. The Morgan fingerprint density at radius 2 is 1.03 bits per heavy atom. The number of rotatable bonds is 3. The molecule has 4 aromatic carbocycles. The van der Waals surface area contributed by atoms with Crippen LogP contribution in [0.4, 0.5) is 0 Å². The molecule has 0 saturated heterocycles. The molecular formula is C32H29O3P. The number of carbonyl (C=O) groups is 2. The zero-order valence-corrected chi connectivity index (χ0v) is 21.1. The molecule has 180 valence electrons. The van der Waals surface area contributed by atoms with Gasteiger partial charge in [0.2, 0.25) is 0 Å². The summed E-state index contributed by atoms with van der Waals surface area (Å²) in [7, 11) is 0. The van der Waals surface area contributed by atoms with Gasteiger partial charge in [-0.15, -0.1) is 0 Å². The van der Waals surface area contributed by atoms with E-state index in [9.17, 15) is 9.59 Å². The van der Waals surface area contributed by atoms with Crippen molar-refractivity contribution in [3.8, 4) is 0 Å². The van der Waals surface area contributed by atoms with Crippen LogP contribution in [-0.4, -0.2) is 18.1 Å². The summed E-state index contributed by atoms with van der Waals surface area (Å²) >= 11 is 0. The topological polar surface area (TPSA) is 43.4 Å². The van der Waals surface area contributed by atoms with Crippen molar-refractivity contribution >= 4 is 40.9 Å². The minimum Gasteiger partial charge on any atom is -0.451 e. The molecule has 36 heavy (non-hydrogen) atoms. The van der Waals surface area contributed by atoms with Crippen LogP contribution in [0.15, 0.2) is 115 Å². The highest BCUT2D eigenvalue weighted by Crippen LogP contribution is 2.45. The number of Topliss-reactive ketones (excluding diaryl/α,β-unsaturated/α-hetero) is 1. The summed E-state index contributed by atoms with van der Waals surface area (Å²) < 4.78 is 5.52. The van der Waals surface area contributed by atoms with Crippen molar-refractivity contribution in [2.45, 2.75) is 31.3 Å². The van der Waals surface area contributed by atoms with Crippen LogP contribution in [0.2, 0.25) is 0 Å². The van der Waals surface area contributed by atoms with Crippen LogP contribution in [0.3, 0.4) is 0 Å². The van der Waals surface area contributed by atoms with Crippen LogP contribution in [0.1, 0.15) is 41.6 Å². The second kappa shape index (κ2) is 10.1. The van der Waals surface area contributed by atoms with E-state index < -0.39 is 12.5 Å². The Morgan fingerprint density at radius 3 is 1.50 bits per heavy atom. The van der Waals surface area contributed by atoms with E-state index in [-0.39, 0.29) is 11.8 Å². The van der Waals surface area contributed by atoms with Crippen LogP contribution >= 0.6 is 6.89 Å². The summed E-state index contributed by atoms with van der Waals surface area (Å²) in [6.45, 7) is -1.78. The molecule has 0 unspecified atom stereocenters. The summed E-state index contributed by atoms with van der Waals surface area (Å²) in [6.07, 6.45) is 6.99. The van der Waals surface area contributed by atoms with Crippen molar-refractivity contribution in [3.63, 3.8) is 0 Å². The van der Waals surface area contributed by atoms with E-state index in [4.69, 9.17) is 11.0 Å². The van der Waals surface area contributed by atoms with Gasteiger partial charge < -0.3 is 4.74 Å². The predicted octanol–water partition coefficient (Wildman–Crippen LogP) is 5.61. The Kier molecular flexibility index (Phi) is 6.76. The van der Waals surface area contributed by atoms with Gasteiger partial charge in [-0.2, -0.15) is 0 Å². The van der Waals surface area contributed by atoms with E-state index in [1.165, 1.54) is 15.9 Å². The van der Waals surface area contributed by atoms with Crippen LogP contribution < -0.4 is 15.9 Å². The first-order valence-electron chi connectivity index (χ1n) is 12.3. The van der Waals surface area contributed by atoms with Gasteiger partial charge in [0.25, 0.3) is 0 Å².